The Morgan fingerprint density at radius 3 is 2.68 bits per heavy atom. The van der Waals surface area contributed by atoms with Crippen molar-refractivity contribution >= 4 is 33.0 Å². The smallest absolute Gasteiger partial charge is 0.207 e. The van der Waals surface area contributed by atoms with E-state index in [0.29, 0.717) is 0 Å². The molecule has 0 aliphatic carbocycles. The minimum absolute atomic E-state index is 0.0170. The van der Waals surface area contributed by atoms with Gasteiger partial charge in [0, 0.05) is 13.6 Å². The summed E-state index contributed by atoms with van der Waals surface area (Å²) in [5.41, 5.74) is 0.907. The topological polar surface area (TPSA) is 37.4 Å². The second-order valence-corrected chi connectivity index (χ2v) is 7.20. The summed E-state index contributed by atoms with van der Waals surface area (Å²) < 4.78 is 38.8. The van der Waals surface area contributed by atoms with Gasteiger partial charge in [0.2, 0.25) is 10.0 Å². The fraction of sp³-hybridized carbons (Fsp3) is 0.167. The maximum atomic E-state index is 13.1. The monoisotopic (exact) mass is 319 g/mol. The second kappa shape index (κ2) is 5.58. The van der Waals surface area contributed by atoms with E-state index in [2.05, 4.69) is 0 Å². The van der Waals surface area contributed by atoms with Gasteiger partial charge in [0.05, 0.1) is 9.92 Å². The van der Waals surface area contributed by atoms with Gasteiger partial charge in [-0.25, -0.2) is 12.8 Å². The number of hydrogen-bond donors (Lipinski definition) is 0. The molecule has 2 rings (SSSR count). The molecule has 0 amide bonds. The highest BCUT2D eigenvalue weighted by molar-refractivity contribution is 7.89. The van der Waals surface area contributed by atoms with Crippen LogP contribution in [-0.2, 0) is 16.6 Å². The number of hydrogen-bond acceptors (Lipinski definition) is 3. The largest absolute Gasteiger partial charge is 0.243 e. The number of halogens is 2. The minimum Gasteiger partial charge on any atom is -0.207 e. The Bertz CT molecular complexity index is 671. The molecule has 1 aromatic carbocycles. The van der Waals surface area contributed by atoms with Gasteiger partial charge in [0.25, 0.3) is 0 Å². The van der Waals surface area contributed by atoms with Crippen molar-refractivity contribution in [3.05, 3.63) is 51.4 Å². The molecule has 2 aromatic rings. The predicted octanol–water partition coefficient (Wildman–Crippen LogP) is 3.36. The number of rotatable bonds is 4. The van der Waals surface area contributed by atoms with Gasteiger partial charge in [0.15, 0.2) is 0 Å². The van der Waals surface area contributed by atoms with Crippen LogP contribution in [-0.4, -0.2) is 19.8 Å². The van der Waals surface area contributed by atoms with Crippen LogP contribution in [0.1, 0.15) is 5.56 Å². The Hall–Kier alpha value is -0.950. The Morgan fingerprint density at radius 2 is 2.11 bits per heavy atom. The summed E-state index contributed by atoms with van der Waals surface area (Å²) in [5.74, 6) is -0.638. The van der Waals surface area contributed by atoms with Crippen LogP contribution >= 0.6 is 22.9 Å². The fourth-order valence-corrected chi connectivity index (χ4v) is 3.63. The number of sulfonamides is 1. The highest BCUT2D eigenvalue weighted by Crippen LogP contribution is 2.23. The molecule has 1 heterocycles. The van der Waals surface area contributed by atoms with E-state index in [0.717, 1.165) is 17.7 Å². The van der Waals surface area contributed by atoms with Crippen molar-refractivity contribution in [1.29, 1.82) is 0 Å². The SMILES string of the molecule is CN(Cc1ccsc1)S(=O)(=O)c1ccc(F)c(Cl)c1. The molecule has 0 bridgehead atoms. The second-order valence-electron chi connectivity index (χ2n) is 3.97. The van der Waals surface area contributed by atoms with Crippen LogP contribution in [0, 0.1) is 5.82 Å². The van der Waals surface area contributed by atoms with Gasteiger partial charge in [0.1, 0.15) is 5.82 Å². The van der Waals surface area contributed by atoms with Gasteiger partial charge in [-0.1, -0.05) is 11.6 Å². The van der Waals surface area contributed by atoms with E-state index < -0.39 is 15.8 Å². The zero-order valence-electron chi connectivity index (χ0n) is 10.0. The number of nitrogens with zero attached hydrogens (tertiary/aromatic N) is 1. The van der Waals surface area contributed by atoms with E-state index in [-0.39, 0.29) is 16.5 Å². The maximum Gasteiger partial charge on any atom is 0.243 e. The maximum absolute atomic E-state index is 13.1. The van der Waals surface area contributed by atoms with Crippen molar-refractivity contribution in [2.45, 2.75) is 11.4 Å². The summed E-state index contributed by atoms with van der Waals surface area (Å²) >= 11 is 7.11. The summed E-state index contributed by atoms with van der Waals surface area (Å²) in [4.78, 5) is -0.0170. The third-order valence-corrected chi connectivity index (χ3v) is 5.41. The first-order chi connectivity index (χ1) is 8.91. The van der Waals surface area contributed by atoms with Crippen LogP contribution in [0.15, 0.2) is 39.9 Å². The van der Waals surface area contributed by atoms with E-state index in [4.69, 9.17) is 11.6 Å². The van der Waals surface area contributed by atoms with Crippen LogP contribution in [0.5, 0.6) is 0 Å². The van der Waals surface area contributed by atoms with E-state index in [1.165, 1.54) is 28.8 Å². The van der Waals surface area contributed by atoms with Crippen LogP contribution < -0.4 is 0 Å². The first-order valence-electron chi connectivity index (χ1n) is 5.34. The van der Waals surface area contributed by atoms with Crippen LogP contribution in [0.3, 0.4) is 0 Å². The highest BCUT2D eigenvalue weighted by atomic mass is 35.5. The van der Waals surface area contributed by atoms with Gasteiger partial charge >= 0.3 is 0 Å². The average molecular weight is 320 g/mol. The van der Waals surface area contributed by atoms with Crippen molar-refractivity contribution in [3.63, 3.8) is 0 Å². The Balaban J connectivity index is 2.28. The summed E-state index contributed by atoms with van der Waals surface area (Å²) in [6.07, 6.45) is 0. The molecule has 0 radical (unpaired) electrons. The lowest BCUT2D eigenvalue weighted by atomic mass is 10.3. The van der Waals surface area contributed by atoms with E-state index in [1.807, 2.05) is 16.8 Å². The molecule has 0 aliphatic rings. The lowest BCUT2D eigenvalue weighted by Gasteiger charge is -2.16. The molecule has 0 unspecified atom stereocenters. The third-order valence-electron chi connectivity index (χ3n) is 2.58. The van der Waals surface area contributed by atoms with Gasteiger partial charge in [-0.3, -0.25) is 0 Å². The van der Waals surface area contributed by atoms with Gasteiger partial charge < -0.3 is 0 Å². The predicted molar refractivity (Wildman–Crippen MR) is 74.4 cm³/mol. The molecule has 0 fully saturated rings. The molecule has 0 N–H and O–H groups in total. The molecular weight excluding hydrogens is 309 g/mol. The molecule has 3 nitrogen and oxygen atoms in total. The molecule has 0 saturated heterocycles. The standard InChI is InChI=1S/C12H11ClFNO2S2/c1-15(7-9-4-5-18-8-9)19(16,17)10-2-3-12(14)11(13)6-10/h2-6,8H,7H2,1H3. The van der Waals surface area contributed by atoms with Crippen molar-refractivity contribution in [1.82, 2.24) is 4.31 Å². The van der Waals surface area contributed by atoms with Crippen LogP contribution in [0.25, 0.3) is 0 Å². The molecule has 102 valence electrons. The molecule has 1 aromatic heterocycles. The van der Waals surface area contributed by atoms with Gasteiger partial charge in [-0.2, -0.15) is 15.6 Å². The highest BCUT2D eigenvalue weighted by Gasteiger charge is 2.22. The lowest BCUT2D eigenvalue weighted by molar-refractivity contribution is 0.467. The third kappa shape index (κ3) is 3.14. The average Bonchev–Trinajstić information content (AvgIpc) is 2.85. The normalized spacial score (nSPS) is 12.0. The van der Waals surface area contributed by atoms with Crippen LogP contribution in [0.4, 0.5) is 4.39 Å². The molecule has 0 spiro atoms. The zero-order chi connectivity index (χ0) is 14.0. The Labute approximate surface area is 120 Å². The van der Waals surface area contributed by atoms with Gasteiger partial charge in [-0.15, -0.1) is 0 Å². The minimum atomic E-state index is -3.67. The number of benzene rings is 1. The zero-order valence-corrected chi connectivity index (χ0v) is 12.4. The molecule has 0 atom stereocenters. The molecule has 0 saturated carbocycles. The summed E-state index contributed by atoms with van der Waals surface area (Å²) in [7, 11) is -2.19. The molecule has 19 heavy (non-hydrogen) atoms. The first kappa shape index (κ1) is 14.5. The summed E-state index contributed by atoms with van der Waals surface area (Å²) in [6.45, 7) is 0.265. The van der Waals surface area contributed by atoms with Gasteiger partial charge in [-0.05, 0) is 40.6 Å². The quantitative estimate of drug-likeness (QED) is 0.866. The van der Waals surface area contributed by atoms with E-state index in [9.17, 15) is 12.8 Å². The Morgan fingerprint density at radius 1 is 1.37 bits per heavy atom. The summed E-state index contributed by atoms with van der Waals surface area (Å²) in [5, 5.41) is 3.55. The molecule has 7 heteroatoms. The van der Waals surface area contributed by atoms with Crippen LogP contribution in [0.2, 0.25) is 5.02 Å². The molecule has 0 aliphatic heterocycles. The van der Waals surface area contributed by atoms with Crippen molar-refractivity contribution < 1.29 is 12.8 Å². The van der Waals surface area contributed by atoms with Crippen molar-refractivity contribution in [2.75, 3.05) is 7.05 Å². The van der Waals surface area contributed by atoms with E-state index in [1.54, 1.807) is 0 Å². The number of thiophene rings is 1. The lowest BCUT2D eigenvalue weighted by Crippen LogP contribution is -2.26. The van der Waals surface area contributed by atoms with Crippen molar-refractivity contribution in [2.24, 2.45) is 0 Å². The molecular formula is C12H11ClFNO2S2. The fourth-order valence-electron chi connectivity index (χ4n) is 1.54. The van der Waals surface area contributed by atoms with Crippen molar-refractivity contribution in [3.8, 4) is 0 Å². The Kier molecular flexibility index (Phi) is 4.25. The first-order valence-corrected chi connectivity index (χ1v) is 8.10. The summed E-state index contributed by atoms with van der Waals surface area (Å²) in [6, 6.07) is 5.24. The van der Waals surface area contributed by atoms with E-state index >= 15 is 0 Å².